The summed E-state index contributed by atoms with van der Waals surface area (Å²) >= 11 is 0. The average molecular weight is 102 g/mol. The zero-order valence-electron chi connectivity index (χ0n) is 4.23. The molecule has 0 aliphatic heterocycles. The van der Waals surface area contributed by atoms with Gasteiger partial charge in [0.1, 0.15) is 0 Å². The second-order valence-corrected chi connectivity index (χ2v) is 1.01. The van der Waals surface area contributed by atoms with Gasteiger partial charge in [-0.1, -0.05) is 0 Å². The Kier molecular flexibility index (Phi) is 3.32. The molecule has 0 saturated carbocycles. The maximum Gasteiger partial charge on any atom is 0.240 e. The molecule has 0 atom stereocenters. The third-order valence-electron chi connectivity index (χ3n) is 0.318. The minimum atomic E-state index is -0.205. The first-order valence-electron chi connectivity index (χ1n) is 1.95. The topological polar surface area (TPSA) is 38.3 Å². The van der Waals surface area contributed by atoms with Gasteiger partial charge in [-0.05, 0) is 6.92 Å². The van der Waals surface area contributed by atoms with Crippen molar-refractivity contribution in [3.63, 3.8) is 0 Å². The molecule has 0 bridgehead atoms. The molecule has 0 rings (SSSR count). The number of hydrogen-bond acceptors (Lipinski definition) is 2. The van der Waals surface area contributed by atoms with Gasteiger partial charge < -0.3 is 0 Å². The van der Waals surface area contributed by atoms with Crippen LogP contribution in [0.3, 0.4) is 0 Å². The Hall–Kier alpha value is -0.570. The molecule has 3 nitrogen and oxygen atoms in total. The highest BCUT2D eigenvalue weighted by Crippen LogP contribution is 1.61. The standard InChI is InChI=1S/C4H8NO2/c1-3-7-5-4(2)6/h1,3H2,2H3,(H,5,6). The van der Waals surface area contributed by atoms with Crippen LogP contribution < -0.4 is 5.48 Å². The van der Waals surface area contributed by atoms with Gasteiger partial charge in [-0.25, -0.2) is 5.48 Å². The zero-order chi connectivity index (χ0) is 5.70. The number of amides is 1. The summed E-state index contributed by atoms with van der Waals surface area (Å²) in [5, 5.41) is 0. The minimum Gasteiger partial charge on any atom is -0.274 e. The Bertz CT molecular complexity index is 62.7. The molecule has 0 aliphatic carbocycles. The molecule has 41 valence electrons. The lowest BCUT2D eigenvalue weighted by Gasteiger charge is -1.95. The molecule has 7 heavy (non-hydrogen) atoms. The highest BCUT2D eigenvalue weighted by atomic mass is 16.6. The molecule has 0 fully saturated rings. The van der Waals surface area contributed by atoms with E-state index < -0.39 is 0 Å². The first kappa shape index (κ1) is 6.43. The Morgan fingerprint density at radius 3 is 2.71 bits per heavy atom. The van der Waals surface area contributed by atoms with Crippen molar-refractivity contribution in [1.82, 2.24) is 5.48 Å². The quantitative estimate of drug-likeness (QED) is 0.494. The number of carbonyl (C=O) groups excluding carboxylic acids is 1. The van der Waals surface area contributed by atoms with E-state index in [2.05, 4.69) is 17.2 Å². The van der Waals surface area contributed by atoms with E-state index in [9.17, 15) is 4.79 Å². The van der Waals surface area contributed by atoms with Gasteiger partial charge in [0.25, 0.3) is 0 Å². The van der Waals surface area contributed by atoms with Gasteiger partial charge in [0.15, 0.2) is 0 Å². The van der Waals surface area contributed by atoms with Crippen molar-refractivity contribution < 1.29 is 9.63 Å². The van der Waals surface area contributed by atoms with Crippen LogP contribution in [0.5, 0.6) is 0 Å². The number of hydrogen-bond donors (Lipinski definition) is 1. The summed E-state index contributed by atoms with van der Waals surface area (Å²) in [6.45, 7) is 4.95. The van der Waals surface area contributed by atoms with Crippen LogP contribution in [-0.4, -0.2) is 12.5 Å². The lowest BCUT2D eigenvalue weighted by molar-refractivity contribution is -0.130. The van der Waals surface area contributed by atoms with Gasteiger partial charge in [0, 0.05) is 6.92 Å². The molecule has 0 spiro atoms. The molecule has 1 radical (unpaired) electrons. The summed E-state index contributed by atoms with van der Waals surface area (Å²) in [7, 11) is 0. The first-order valence-corrected chi connectivity index (χ1v) is 1.95. The molecule has 0 saturated heterocycles. The molecule has 0 aliphatic rings. The fourth-order valence-electron chi connectivity index (χ4n) is 0.153. The number of carbonyl (C=O) groups is 1. The molecular weight excluding hydrogens is 94.0 g/mol. The van der Waals surface area contributed by atoms with Gasteiger partial charge in [-0.2, -0.15) is 0 Å². The Labute approximate surface area is 42.6 Å². The normalized spacial score (nSPS) is 8.29. The van der Waals surface area contributed by atoms with Crippen molar-refractivity contribution in [3.05, 3.63) is 6.92 Å². The Morgan fingerprint density at radius 2 is 2.57 bits per heavy atom. The van der Waals surface area contributed by atoms with Crippen LogP contribution in [0.15, 0.2) is 0 Å². The molecule has 1 amide bonds. The van der Waals surface area contributed by atoms with Crippen molar-refractivity contribution in [3.8, 4) is 0 Å². The van der Waals surface area contributed by atoms with Crippen LogP contribution >= 0.6 is 0 Å². The van der Waals surface area contributed by atoms with Crippen molar-refractivity contribution in [1.29, 1.82) is 0 Å². The molecular formula is C4H8NO2. The monoisotopic (exact) mass is 102 g/mol. The van der Waals surface area contributed by atoms with Crippen molar-refractivity contribution in [2.75, 3.05) is 6.61 Å². The van der Waals surface area contributed by atoms with Gasteiger partial charge in [0.2, 0.25) is 5.91 Å². The third-order valence-corrected chi connectivity index (χ3v) is 0.318. The summed E-state index contributed by atoms with van der Waals surface area (Å²) in [5.74, 6) is -0.205. The van der Waals surface area contributed by atoms with E-state index in [0.717, 1.165) is 0 Å². The molecule has 0 aromatic heterocycles. The van der Waals surface area contributed by atoms with Crippen LogP contribution in [0.1, 0.15) is 6.92 Å². The highest BCUT2D eigenvalue weighted by Gasteiger charge is 1.82. The van der Waals surface area contributed by atoms with E-state index in [4.69, 9.17) is 0 Å². The molecule has 0 heterocycles. The van der Waals surface area contributed by atoms with Crippen LogP contribution in [0.4, 0.5) is 0 Å². The summed E-state index contributed by atoms with van der Waals surface area (Å²) in [6.07, 6.45) is 0. The summed E-state index contributed by atoms with van der Waals surface area (Å²) in [6, 6.07) is 0. The lowest BCUT2D eigenvalue weighted by Crippen LogP contribution is -2.19. The van der Waals surface area contributed by atoms with E-state index in [0.29, 0.717) is 0 Å². The number of rotatable bonds is 2. The number of nitrogens with one attached hydrogen (secondary N) is 1. The minimum absolute atomic E-state index is 0.205. The molecule has 0 unspecified atom stereocenters. The van der Waals surface area contributed by atoms with E-state index in [-0.39, 0.29) is 12.5 Å². The Balaban J connectivity index is 2.82. The maximum absolute atomic E-state index is 9.94. The molecule has 0 aromatic rings. The predicted molar refractivity (Wildman–Crippen MR) is 25.1 cm³/mol. The van der Waals surface area contributed by atoms with E-state index in [1.807, 2.05) is 0 Å². The van der Waals surface area contributed by atoms with E-state index >= 15 is 0 Å². The van der Waals surface area contributed by atoms with Crippen molar-refractivity contribution >= 4 is 5.91 Å². The van der Waals surface area contributed by atoms with Gasteiger partial charge in [0.05, 0.1) is 6.61 Å². The molecule has 3 heteroatoms. The third kappa shape index (κ3) is 5.43. The second kappa shape index (κ2) is 3.61. The second-order valence-electron chi connectivity index (χ2n) is 1.01. The average Bonchev–Trinajstić information content (AvgIpc) is 1.61. The first-order chi connectivity index (χ1) is 3.27. The van der Waals surface area contributed by atoms with Crippen LogP contribution in [0.25, 0.3) is 0 Å². The fourth-order valence-corrected chi connectivity index (χ4v) is 0.153. The number of hydroxylamine groups is 1. The maximum atomic E-state index is 9.94. The van der Waals surface area contributed by atoms with Crippen LogP contribution in [0.2, 0.25) is 0 Å². The van der Waals surface area contributed by atoms with Gasteiger partial charge in [-0.15, -0.1) is 0 Å². The van der Waals surface area contributed by atoms with Crippen molar-refractivity contribution in [2.24, 2.45) is 0 Å². The molecule has 0 aromatic carbocycles. The zero-order valence-corrected chi connectivity index (χ0v) is 4.23. The highest BCUT2D eigenvalue weighted by molar-refractivity contribution is 5.71. The van der Waals surface area contributed by atoms with E-state index in [1.54, 1.807) is 0 Å². The Morgan fingerprint density at radius 1 is 2.00 bits per heavy atom. The van der Waals surface area contributed by atoms with Crippen LogP contribution in [-0.2, 0) is 9.63 Å². The van der Waals surface area contributed by atoms with E-state index in [1.165, 1.54) is 6.92 Å². The SMILES string of the molecule is [CH2]CONC(C)=O. The summed E-state index contributed by atoms with van der Waals surface area (Å²) in [5.41, 5.74) is 2.09. The predicted octanol–water partition coefficient (Wildman–Crippen LogP) is -0.112. The van der Waals surface area contributed by atoms with Gasteiger partial charge in [-0.3, -0.25) is 9.63 Å². The van der Waals surface area contributed by atoms with Gasteiger partial charge >= 0.3 is 0 Å². The summed E-state index contributed by atoms with van der Waals surface area (Å²) < 4.78 is 0. The van der Waals surface area contributed by atoms with Crippen LogP contribution in [0, 0.1) is 6.92 Å². The summed E-state index contributed by atoms with van der Waals surface area (Å²) in [4.78, 5) is 14.3. The fraction of sp³-hybridized carbons (Fsp3) is 0.500. The lowest BCUT2D eigenvalue weighted by atomic mass is 10.8. The smallest absolute Gasteiger partial charge is 0.240 e. The largest absolute Gasteiger partial charge is 0.274 e. The molecule has 1 N–H and O–H groups in total. The van der Waals surface area contributed by atoms with Crippen molar-refractivity contribution in [2.45, 2.75) is 6.92 Å².